The monoisotopic (exact) mass is 275 g/mol. The van der Waals surface area contributed by atoms with E-state index in [-0.39, 0.29) is 11.1 Å². The molecule has 0 bridgehead atoms. The molecular formula is C12H9ClF3NO. The van der Waals surface area contributed by atoms with E-state index < -0.39 is 29.3 Å². The SMILES string of the molecule is CC(=O)C(Cl)c1cccc(C(F)(F)F)c1CC#N. The highest BCUT2D eigenvalue weighted by atomic mass is 35.5. The van der Waals surface area contributed by atoms with Gasteiger partial charge in [-0.2, -0.15) is 18.4 Å². The molecule has 2 nitrogen and oxygen atoms in total. The highest BCUT2D eigenvalue weighted by molar-refractivity contribution is 6.30. The van der Waals surface area contributed by atoms with Crippen LogP contribution in [0.4, 0.5) is 13.2 Å². The summed E-state index contributed by atoms with van der Waals surface area (Å²) < 4.78 is 38.3. The average molecular weight is 276 g/mol. The van der Waals surface area contributed by atoms with Crippen LogP contribution in [0.25, 0.3) is 0 Å². The molecule has 0 aliphatic rings. The normalized spacial score (nSPS) is 12.9. The van der Waals surface area contributed by atoms with Crippen LogP contribution in [-0.4, -0.2) is 5.78 Å². The third-order valence-corrected chi connectivity index (χ3v) is 2.95. The topological polar surface area (TPSA) is 40.9 Å². The number of ketones is 1. The Morgan fingerprint density at radius 2 is 2.11 bits per heavy atom. The van der Waals surface area contributed by atoms with Gasteiger partial charge in [0.05, 0.1) is 18.1 Å². The highest BCUT2D eigenvalue weighted by Crippen LogP contribution is 2.36. The van der Waals surface area contributed by atoms with Crippen molar-refractivity contribution in [1.82, 2.24) is 0 Å². The first kappa shape index (κ1) is 14.5. The van der Waals surface area contributed by atoms with Crippen LogP contribution >= 0.6 is 11.6 Å². The van der Waals surface area contributed by atoms with Crippen LogP contribution in [0.1, 0.15) is 29.0 Å². The Balaban J connectivity index is 3.45. The summed E-state index contributed by atoms with van der Waals surface area (Å²) in [5.74, 6) is -0.463. The second kappa shape index (κ2) is 5.40. The minimum absolute atomic E-state index is 0.0422. The van der Waals surface area contributed by atoms with Gasteiger partial charge in [0, 0.05) is 0 Å². The summed E-state index contributed by atoms with van der Waals surface area (Å²) in [7, 11) is 0. The quantitative estimate of drug-likeness (QED) is 0.790. The maximum Gasteiger partial charge on any atom is 0.416 e. The lowest BCUT2D eigenvalue weighted by atomic mass is 9.95. The van der Waals surface area contributed by atoms with Gasteiger partial charge in [0.1, 0.15) is 5.38 Å². The molecule has 0 aromatic heterocycles. The molecular weight excluding hydrogens is 267 g/mol. The number of nitriles is 1. The fraction of sp³-hybridized carbons (Fsp3) is 0.333. The molecule has 96 valence electrons. The molecule has 1 rings (SSSR count). The molecule has 0 amide bonds. The van der Waals surface area contributed by atoms with E-state index in [0.29, 0.717) is 0 Å². The van der Waals surface area contributed by atoms with Crippen molar-refractivity contribution in [2.75, 3.05) is 0 Å². The van der Waals surface area contributed by atoms with Crippen LogP contribution in [0.5, 0.6) is 0 Å². The summed E-state index contributed by atoms with van der Waals surface area (Å²) in [4.78, 5) is 11.2. The molecule has 0 heterocycles. The Hall–Kier alpha value is -1.54. The molecule has 0 radical (unpaired) electrons. The predicted octanol–water partition coefficient (Wildman–Crippen LogP) is 3.64. The van der Waals surface area contributed by atoms with Gasteiger partial charge < -0.3 is 0 Å². The van der Waals surface area contributed by atoms with Gasteiger partial charge in [-0.15, -0.1) is 11.6 Å². The van der Waals surface area contributed by atoms with Crippen molar-refractivity contribution >= 4 is 17.4 Å². The zero-order valence-corrected chi connectivity index (χ0v) is 10.1. The summed E-state index contributed by atoms with van der Waals surface area (Å²) >= 11 is 5.78. The Labute approximate surface area is 107 Å². The average Bonchev–Trinajstić information content (AvgIpc) is 2.27. The molecule has 6 heteroatoms. The summed E-state index contributed by atoms with van der Waals surface area (Å²) in [6.45, 7) is 1.19. The third kappa shape index (κ3) is 3.02. The lowest BCUT2D eigenvalue weighted by Gasteiger charge is -2.16. The van der Waals surface area contributed by atoms with Crippen molar-refractivity contribution < 1.29 is 18.0 Å². The van der Waals surface area contributed by atoms with Crippen molar-refractivity contribution in [3.8, 4) is 6.07 Å². The smallest absolute Gasteiger partial charge is 0.298 e. The Bertz CT molecular complexity index is 505. The van der Waals surface area contributed by atoms with Gasteiger partial charge in [-0.1, -0.05) is 12.1 Å². The number of carbonyl (C=O) groups is 1. The van der Waals surface area contributed by atoms with Crippen LogP contribution in [0, 0.1) is 11.3 Å². The molecule has 1 atom stereocenters. The Kier molecular flexibility index (Phi) is 4.36. The first-order chi connectivity index (χ1) is 8.29. The van der Waals surface area contributed by atoms with E-state index in [1.807, 2.05) is 0 Å². The summed E-state index contributed by atoms with van der Waals surface area (Å²) in [6, 6.07) is 5.05. The van der Waals surface area contributed by atoms with E-state index in [9.17, 15) is 18.0 Å². The predicted molar refractivity (Wildman–Crippen MR) is 60.0 cm³/mol. The van der Waals surface area contributed by atoms with E-state index >= 15 is 0 Å². The van der Waals surface area contributed by atoms with E-state index in [0.717, 1.165) is 6.07 Å². The van der Waals surface area contributed by atoms with Crippen molar-refractivity contribution in [2.24, 2.45) is 0 Å². The lowest BCUT2D eigenvalue weighted by Crippen LogP contribution is -2.13. The number of alkyl halides is 4. The highest BCUT2D eigenvalue weighted by Gasteiger charge is 2.35. The second-order valence-electron chi connectivity index (χ2n) is 3.68. The number of hydrogen-bond acceptors (Lipinski definition) is 2. The second-order valence-corrected chi connectivity index (χ2v) is 4.12. The molecule has 1 aromatic rings. The Morgan fingerprint density at radius 1 is 1.50 bits per heavy atom. The van der Waals surface area contributed by atoms with Crippen LogP contribution in [0.3, 0.4) is 0 Å². The van der Waals surface area contributed by atoms with Gasteiger partial charge in [0.25, 0.3) is 0 Å². The molecule has 0 saturated carbocycles. The van der Waals surface area contributed by atoms with E-state index in [1.165, 1.54) is 19.1 Å². The molecule has 1 unspecified atom stereocenters. The van der Waals surface area contributed by atoms with Gasteiger partial charge in [0.15, 0.2) is 5.78 Å². The molecule has 0 N–H and O–H groups in total. The Morgan fingerprint density at radius 3 is 2.56 bits per heavy atom. The molecule has 0 aliphatic carbocycles. The third-order valence-electron chi connectivity index (χ3n) is 2.40. The maximum absolute atomic E-state index is 12.8. The fourth-order valence-electron chi connectivity index (χ4n) is 1.60. The maximum atomic E-state index is 12.8. The van der Waals surface area contributed by atoms with Gasteiger partial charge in [-0.25, -0.2) is 0 Å². The number of hydrogen-bond donors (Lipinski definition) is 0. The first-order valence-corrected chi connectivity index (χ1v) is 5.43. The van der Waals surface area contributed by atoms with E-state index in [1.54, 1.807) is 6.07 Å². The summed E-state index contributed by atoms with van der Waals surface area (Å²) in [6.07, 6.45) is -5.02. The fourth-order valence-corrected chi connectivity index (χ4v) is 1.81. The van der Waals surface area contributed by atoms with Gasteiger partial charge >= 0.3 is 6.18 Å². The zero-order chi connectivity index (χ0) is 13.9. The largest absolute Gasteiger partial charge is 0.416 e. The molecule has 18 heavy (non-hydrogen) atoms. The van der Waals surface area contributed by atoms with Crippen LogP contribution in [-0.2, 0) is 17.4 Å². The number of carbonyl (C=O) groups excluding carboxylic acids is 1. The standard InChI is InChI=1S/C12H9ClF3NO/c1-7(18)11(13)9-3-2-4-10(12(14,15)16)8(9)5-6-17/h2-4,11H,5H2,1H3. The van der Waals surface area contributed by atoms with Crippen LogP contribution in [0.2, 0.25) is 0 Å². The lowest BCUT2D eigenvalue weighted by molar-refractivity contribution is -0.138. The van der Waals surface area contributed by atoms with Gasteiger partial charge in [-0.3, -0.25) is 4.79 Å². The van der Waals surface area contributed by atoms with Crippen LogP contribution < -0.4 is 0 Å². The first-order valence-electron chi connectivity index (χ1n) is 4.99. The molecule has 1 aromatic carbocycles. The van der Waals surface area contributed by atoms with Crippen molar-refractivity contribution in [2.45, 2.75) is 24.9 Å². The van der Waals surface area contributed by atoms with Crippen molar-refractivity contribution in [1.29, 1.82) is 5.26 Å². The van der Waals surface area contributed by atoms with Gasteiger partial charge in [0.2, 0.25) is 0 Å². The number of halogens is 4. The van der Waals surface area contributed by atoms with Crippen molar-refractivity contribution in [3.05, 3.63) is 34.9 Å². The minimum Gasteiger partial charge on any atom is -0.298 e. The molecule has 0 saturated heterocycles. The summed E-state index contributed by atoms with van der Waals surface area (Å²) in [5.41, 5.74) is -1.11. The number of rotatable bonds is 3. The minimum atomic E-state index is -4.57. The van der Waals surface area contributed by atoms with E-state index in [4.69, 9.17) is 16.9 Å². The zero-order valence-electron chi connectivity index (χ0n) is 9.38. The molecule has 0 spiro atoms. The van der Waals surface area contributed by atoms with Crippen molar-refractivity contribution in [3.63, 3.8) is 0 Å². The summed E-state index contributed by atoms with van der Waals surface area (Å²) in [5, 5.41) is 7.44. The van der Waals surface area contributed by atoms with Crippen LogP contribution in [0.15, 0.2) is 18.2 Å². The van der Waals surface area contributed by atoms with E-state index in [2.05, 4.69) is 0 Å². The number of benzene rings is 1. The van der Waals surface area contributed by atoms with Gasteiger partial charge in [-0.05, 0) is 24.1 Å². The number of Topliss-reactive ketones (excluding diaryl/α,β-unsaturated/α-hetero) is 1. The molecule has 0 fully saturated rings. The molecule has 0 aliphatic heterocycles. The number of nitrogens with zero attached hydrogens (tertiary/aromatic N) is 1.